The van der Waals surface area contributed by atoms with Crippen molar-refractivity contribution in [1.82, 2.24) is 0 Å². The van der Waals surface area contributed by atoms with Gasteiger partial charge in [-0.25, -0.2) is 0 Å². The Morgan fingerprint density at radius 3 is 2.46 bits per heavy atom. The van der Waals surface area contributed by atoms with Gasteiger partial charge in [-0.2, -0.15) is 0 Å². The minimum Gasteiger partial charge on any atom is -0.488 e. The number of hydrogen-bond donors (Lipinski definition) is 1. The highest BCUT2D eigenvalue weighted by Gasteiger charge is 2.01. The van der Waals surface area contributed by atoms with E-state index in [9.17, 15) is 0 Å². The molecule has 1 atom stereocenters. The first-order chi connectivity index (χ1) is 6.22. The minimum atomic E-state index is 0.0635. The zero-order chi connectivity index (χ0) is 9.68. The van der Waals surface area contributed by atoms with Crippen LogP contribution in [0.3, 0.4) is 0 Å². The predicted molar refractivity (Wildman–Crippen MR) is 52.8 cm³/mol. The second kappa shape index (κ2) is 4.72. The summed E-state index contributed by atoms with van der Waals surface area (Å²) in [7, 11) is 1.66. The van der Waals surface area contributed by atoms with Crippen LogP contribution in [-0.2, 0) is 4.74 Å². The molecule has 3 nitrogen and oxygen atoms in total. The molecule has 0 saturated heterocycles. The topological polar surface area (TPSA) is 44.5 Å². The minimum absolute atomic E-state index is 0.0635. The van der Waals surface area contributed by atoms with Gasteiger partial charge >= 0.3 is 0 Å². The molecule has 2 N–H and O–H groups in total. The van der Waals surface area contributed by atoms with Crippen LogP contribution in [0.5, 0.6) is 5.75 Å². The van der Waals surface area contributed by atoms with E-state index in [2.05, 4.69) is 0 Å². The molecule has 3 heteroatoms. The summed E-state index contributed by atoms with van der Waals surface area (Å²) < 4.78 is 10.5. The monoisotopic (exact) mass is 181 g/mol. The summed E-state index contributed by atoms with van der Waals surface area (Å²) in [6.07, 6.45) is 0.0635. The fraction of sp³-hybridized carbons (Fsp3) is 0.400. The fourth-order valence-corrected chi connectivity index (χ4v) is 1.05. The van der Waals surface area contributed by atoms with Gasteiger partial charge in [0.05, 0.1) is 6.61 Å². The van der Waals surface area contributed by atoms with E-state index in [4.69, 9.17) is 15.2 Å². The standard InChI is InChI=1S/C10H15NO2/c1-8(7-12-2)13-10-5-3-9(11)4-6-10/h3-6,8H,7,11H2,1-2H3/t8-/m1/s1. The molecule has 1 rings (SSSR count). The second-order valence-corrected chi connectivity index (χ2v) is 2.95. The molecule has 72 valence electrons. The Morgan fingerprint density at radius 2 is 1.92 bits per heavy atom. The van der Waals surface area contributed by atoms with Gasteiger partial charge in [-0.3, -0.25) is 0 Å². The van der Waals surface area contributed by atoms with Gasteiger partial charge in [0.25, 0.3) is 0 Å². The van der Waals surface area contributed by atoms with Crippen molar-refractivity contribution < 1.29 is 9.47 Å². The number of hydrogen-bond acceptors (Lipinski definition) is 3. The second-order valence-electron chi connectivity index (χ2n) is 2.95. The summed E-state index contributed by atoms with van der Waals surface area (Å²) in [6.45, 7) is 2.55. The van der Waals surface area contributed by atoms with Crippen LogP contribution < -0.4 is 10.5 Å². The summed E-state index contributed by atoms with van der Waals surface area (Å²) in [6, 6.07) is 7.33. The lowest BCUT2D eigenvalue weighted by atomic mass is 10.3. The van der Waals surface area contributed by atoms with E-state index in [0.717, 1.165) is 11.4 Å². The van der Waals surface area contributed by atoms with Crippen molar-refractivity contribution in [3.05, 3.63) is 24.3 Å². The van der Waals surface area contributed by atoms with E-state index in [0.29, 0.717) is 6.61 Å². The molecule has 0 heterocycles. The van der Waals surface area contributed by atoms with E-state index >= 15 is 0 Å². The van der Waals surface area contributed by atoms with Gasteiger partial charge in [0.1, 0.15) is 11.9 Å². The first kappa shape index (κ1) is 9.86. The maximum Gasteiger partial charge on any atom is 0.119 e. The number of nitrogens with two attached hydrogens (primary N) is 1. The van der Waals surface area contributed by atoms with Crippen LogP contribution in [0.25, 0.3) is 0 Å². The average molecular weight is 181 g/mol. The van der Waals surface area contributed by atoms with Gasteiger partial charge in [-0.1, -0.05) is 0 Å². The van der Waals surface area contributed by atoms with Gasteiger partial charge in [-0.05, 0) is 31.2 Å². The molecular formula is C10H15NO2. The lowest BCUT2D eigenvalue weighted by Gasteiger charge is -2.13. The molecule has 13 heavy (non-hydrogen) atoms. The largest absolute Gasteiger partial charge is 0.488 e. The Morgan fingerprint density at radius 1 is 1.31 bits per heavy atom. The molecule has 0 amide bonds. The van der Waals surface area contributed by atoms with Crippen molar-refractivity contribution in [2.45, 2.75) is 13.0 Å². The normalized spacial score (nSPS) is 12.5. The van der Waals surface area contributed by atoms with Gasteiger partial charge < -0.3 is 15.2 Å². The summed E-state index contributed by atoms with van der Waals surface area (Å²) in [5.41, 5.74) is 6.28. The Labute approximate surface area is 78.5 Å². The third kappa shape index (κ3) is 3.34. The molecule has 0 spiro atoms. The number of rotatable bonds is 4. The SMILES string of the molecule is COC[C@@H](C)Oc1ccc(N)cc1. The van der Waals surface area contributed by atoms with Crippen LogP contribution in [0.4, 0.5) is 5.69 Å². The highest BCUT2D eigenvalue weighted by atomic mass is 16.5. The van der Waals surface area contributed by atoms with Crippen LogP contribution in [0.2, 0.25) is 0 Å². The molecular weight excluding hydrogens is 166 g/mol. The van der Waals surface area contributed by atoms with Crippen molar-refractivity contribution in [3.8, 4) is 5.75 Å². The number of benzene rings is 1. The molecule has 1 aromatic rings. The van der Waals surface area contributed by atoms with E-state index in [1.807, 2.05) is 31.2 Å². The number of nitrogen functional groups attached to an aromatic ring is 1. The van der Waals surface area contributed by atoms with Crippen molar-refractivity contribution in [2.75, 3.05) is 19.5 Å². The average Bonchev–Trinajstić information content (AvgIpc) is 2.09. The van der Waals surface area contributed by atoms with E-state index in [1.54, 1.807) is 7.11 Å². The van der Waals surface area contributed by atoms with Crippen LogP contribution in [0.15, 0.2) is 24.3 Å². The van der Waals surface area contributed by atoms with Crippen LogP contribution in [-0.4, -0.2) is 19.8 Å². The van der Waals surface area contributed by atoms with E-state index in [1.165, 1.54) is 0 Å². The summed E-state index contributed by atoms with van der Waals surface area (Å²) in [5, 5.41) is 0. The zero-order valence-corrected chi connectivity index (χ0v) is 7.99. The molecule has 0 aliphatic carbocycles. The Balaban J connectivity index is 2.49. The molecule has 0 bridgehead atoms. The molecule has 0 fully saturated rings. The molecule has 0 aliphatic heterocycles. The first-order valence-corrected chi connectivity index (χ1v) is 4.23. The molecule has 0 radical (unpaired) electrons. The number of ether oxygens (including phenoxy) is 2. The molecule has 0 aromatic heterocycles. The Kier molecular flexibility index (Phi) is 3.58. The van der Waals surface area contributed by atoms with Crippen molar-refractivity contribution in [2.24, 2.45) is 0 Å². The zero-order valence-electron chi connectivity index (χ0n) is 7.99. The molecule has 0 aliphatic rings. The fourth-order valence-electron chi connectivity index (χ4n) is 1.05. The molecule has 0 unspecified atom stereocenters. The maximum absolute atomic E-state index is 5.54. The quantitative estimate of drug-likeness (QED) is 0.719. The Hall–Kier alpha value is -1.22. The highest BCUT2D eigenvalue weighted by molar-refractivity contribution is 5.41. The number of methoxy groups -OCH3 is 1. The first-order valence-electron chi connectivity index (χ1n) is 4.23. The van der Waals surface area contributed by atoms with Crippen molar-refractivity contribution in [3.63, 3.8) is 0 Å². The third-order valence-corrected chi connectivity index (χ3v) is 1.62. The lowest BCUT2D eigenvalue weighted by Crippen LogP contribution is -2.17. The van der Waals surface area contributed by atoms with E-state index < -0.39 is 0 Å². The summed E-state index contributed by atoms with van der Waals surface area (Å²) >= 11 is 0. The van der Waals surface area contributed by atoms with Crippen LogP contribution in [0.1, 0.15) is 6.92 Å². The smallest absolute Gasteiger partial charge is 0.119 e. The predicted octanol–water partition coefficient (Wildman–Crippen LogP) is 1.68. The summed E-state index contributed by atoms with van der Waals surface area (Å²) in [4.78, 5) is 0. The summed E-state index contributed by atoms with van der Waals surface area (Å²) in [5.74, 6) is 0.818. The Bertz CT molecular complexity index is 246. The lowest BCUT2D eigenvalue weighted by molar-refractivity contribution is 0.0921. The highest BCUT2D eigenvalue weighted by Crippen LogP contribution is 2.14. The molecule has 0 saturated carbocycles. The van der Waals surface area contributed by atoms with Crippen LogP contribution in [0, 0.1) is 0 Å². The van der Waals surface area contributed by atoms with Gasteiger partial charge in [0.15, 0.2) is 0 Å². The van der Waals surface area contributed by atoms with Crippen molar-refractivity contribution >= 4 is 5.69 Å². The van der Waals surface area contributed by atoms with Crippen molar-refractivity contribution in [1.29, 1.82) is 0 Å². The maximum atomic E-state index is 5.54. The van der Waals surface area contributed by atoms with Gasteiger partial charge in [0, 0.05) is 12.8 Å². The van der Waals surface area contributed by atoms with Crippen LogP contribution >= 0.6 is 0 Å². The van der Waals surface area contributed by atoms with E-state index in [-0.39, 0.29) is 6.10 Å². The molecule has 1 aromatic carbocycles. The van der Waals surface area contributed by atoms with Gasteiger partial charge in [-0.15, -0.1) is 0 Å². The van der Waals surface area contributed by atoms with Gasteiger partial charge in [0.2, 0.25) is 0 Å². The number of anilines is 1. The third-order valence-electron chi connectivity index (χ3n) is 1.62.